The molecule has 0 radical (unpaired) electrons. The highest BCUT2D eigenvalue weighted by Gasteiger charge is 2.58. The predicted octanol–water partition coefficient (Wildman–Crippen LogP) is 2.27. The molecular formula is C19H28N4O2. The van der Waals surface area contributed by atoms with E-state index in [1.165, 1.54) is 0 Å². The monoisotopic (exact) mass is 344 g/mol. The molecule has 6 heteroatoms. The van der Waals surface area contributed by atoms with E-state index in [1.807, 2.05) is 12.1 Å². The number of nitrogens with one attached hydrogen (secondary N) is 1. The van der Waals surface area contributed by atoms with Gasteiger partial charge in [0.2, 0.25) is 5.91 Å². The van der Waals surface area contributed by atoms with Crippen molar-refractivity contribution in [3.8, 4) is 0 Å². The predicted molar refractivity (Wildman–Crippen MR) is 97.1 cm³/mol. The van der Waals surface area contributed by atoms with Gasteiger partial charge in [-0.05, 0) is 56.1 Å². The molecule has 3 fully saturated rings. The number of hydrogen-bond acceptors (Lipinski definition) is 5. The van der Waals surface area contributed by atoms with Gasteiger partial charge in [0, 0.05) is 38.3 Å². The van der Waals surface area contributed by atoms with Gasteiger partial charge >= 0.3 is 0 Å². The van der Waals surface area contributed by atoms with Crippen LogP contribution in [-0.2, 0) is 9.53 Å². The number of likely N-dealkylation sites (tertiary alicyclic amines) is 1. The fraction of sp³-hybridized carbons (Fsp3) is 0.684. The third-order valence-electron chi connectivity index (χ3n) is 6.17. The van der Waals surface area contributed by atoms with Crippen molar-refractivity contribution in [3.63, 3.8) is 0 Å². The molecular weight excluding hydrogens is 316 g/mol. The van der Waals surface area contributed by atoms with E-state index < -0.39 is 0 Å². The van der Waals surface area contributed by atoms with Crippen LogP contribution < -0.4 is 11.1 Å². The second kappa shape index (κ2) is 6.83. The number of anilines is 2. The van der Waals surface area contributed by atoms with E-state index in [-0.39, 0.29) is 11.3 Å². The van der Waals surface area contributed by atoms with Crippen LogP contribution in [0.3, 0.4) is 0 Å². The van der Waals surface area contributed by atoms with Gasteiger partial charge in [-0.15, -0.1) is 0 Å². The maximum atomic E-state index is 12.9. The first-order valence-corrected chi connectivity index (χ1v) is 9.51. The minimum Gasteiger partial charge on any atom is -0.384 e. The summed E-state index contributed by atoms with van der Waals surface area (Å²) in [6.07, 6.45) is 8.09. The molecule has 1 aromatic rings. The number of aromatic nitrogens is 1. The van der Waals surface area contributed by atoms with E-state index >= 15 is 0 Å². The fourth-order valence-corrected chi connectivity index (χ4v) is 4.44. The van der Waals surface area contributed by atoms with E-state index in [9.17, 15) is 4.79 Å². The quantitative estimate of drug-likeness (QED) is 0.879. The number of ether oxygens (including phenoxy) is 1. The molecule has 1 saturated carbocycles. The summed E-state index contributed by atoms with van der Waals surface area (Å²) in [5.41, 5.74) is 6.91. The fourth-order valence-electron chi connectivity index (χ4n) is 4.44. The number of nitrogens with two attached hydrogens (primary N) is 1. The Balaban J connectivity index is 1.31. The number of hydrogen-bond donors (Lipinski definition) is 2. The molecule has 2 atom stereocenters. The molecule has 0 bridgehead atoms. The maximum absolute atomic E-state index is 12.9. The molecule has 3 heterocycles. The molecule has 1 aromatic heterocycles. The molecule has 2 saturated heterocycles. The Bertz CT molecular complexity index is 612. The average molecular weight is 344 g/mol. The average Bonchev–Trinajstić information content (AvgIpc) is 3.36. The van der Waals surface area contributed by atoms with Crippen LogP contribution in [-0.4, -0.2) is 48.1 Å². The highest BCUT2D eigenvalue weighted by molar-refractivity contribution is 5.82. The molecule has 4 rings (SSSR count). The highest BCUT2D eigenvalue weighted by atomic mass is 16.5. The van der Waals surface area contributed by atoms with Crippen LogP contribution in [0.4, 0.5) is 11.5 Å². The van der Waals surface area contributed by atoms with Gasteiger partial charge in [-0.2, -0.15) is 0 Å². The minimum atomic E-state index is 0.252. The Labute approximate surface area is 149 Å². The first kappa shape index (κ1) is 16.6. The Hall–Kier alpha value is -1.82. The summed E-state index contributed by atoms with van der Waals surface area (Å²) < 4.78 is 5.47. The second-order valence-electron chi connectivity index (χ2n) is 7.80. The summed E-state index contributed by atoms with van der Waals surface area (Å²) in [6.45, 7) is 3.39. The van der Waals surface area contributed by atoms with Gasteiger partial charge in [0.15, 0.2) is 0 Å². The van der Waals surface area contributed by atoms with Gasteiger partial charge in [0.1, 0.15) is 5.82 Å². The zero-order chi connectivity index (χ0) is 17.3. The number of nitrogens with zero attached hydrogens (tertiary/aromatic N) is 2. The number of nitrogen functional groups attached to an aromatic ring is 1. The van der Waals surface area contributed by atoms with Crippen molar-refractivity contribution in [1.29, 1.82) is 0 Å². The summed E-state index contributed by atoms with van der Waals surface area (Å²) in [7, 11) is 0. The zero-order valence-corrected chi connectivity index (χ0v) is 14.7. The number of pyridine rings is 1. The molecule has 6 nitrogen and oxygen atoms in total. The smallest absolute Gasteiger partial charge is 0.226 e. The molecule has 136 valence electrons. The Morgan fingerprint density at radius 1 is 1.28 bits per heavy atom. The third kappa shape index (κ3) is 3.59. The van der Waals surface area contributed by atoms with Crippen LogP contribution in [0, 0.1) is 11.3 Å². The molecule has 2 aliphatic heterocycles. The molecule has 0 unspecified atom stereocenters. The first-order chi connectivity index (χ1) is 12.2. The topological polar surface area (TPSA) is 80.5 Å². The lowest BCUT2D eigenvalue weighted by atomic mass is 9.93. The van der Waals surface area contributed by atoms with Crippen LogP contribution in [0.5, 0.6) is 0 Å². The van der Waals surface area contributed by atoms with Gasteiger partial charge in [0.05, 0.1) is 11.9 Å². The molecule has 0 aromatic carbocycles. The van der Waals surface area contributed by atoms with Crippen LogP contribution in [0.25, 0.3) is 0 Å². The van der Waals surface area contributed by atoms with E-state index in [1.54, 1.807) is 6.20 Å². The summed E-state index contributed by atoms with van der Waals surface area (Å²) in [6, 6.07) is 4.17. The van der Waals surface area contributed by atoms with Crippen molar-refractivity contribution < 1.29 is 9.53 Å². The zero-order valence-electron chi connectivity index (χ0n) is 14.7. The van der Waals surface area contributed by atoms with Crippen molar-refractivity contribution in [2.45, 2.75) is 44.6 Å². The highest BCUT2D eigenvalue weighted by Crippen LogP contribution is 2.59. The molecule has 1 amide bonds. The minimum absolute atomic E-state index is 0.252. The van der Waals surface area contributed by atoms with Crippen molar-refractivity contribution in [2.75, 3.05) is 37.4 Å². The van der Waals surface area contributed by atoms with Gasteiger partial charge in [-0.1, -0.05) is 0 Å². The molecule has 1 spiro atoms. The van der Waals surface area contributed by atoms with Crippen LogP contribution >= 0.6 is 0 Å². The molecule has 1 aliphatic carbocycles. The van der Waals surface area contributed by atoms with Gasteiger partial charge in [-0.25, -0.2) is 4.98 Å². The van der Waals surface area contributed by atoms with Crippen molar-refractivity contribution in [1.82, 2.24) is 9.88 Å². The van der Waals surface area contributed by atoms with E-state index in [0.29, 0.717) is 17.8 Å². The SMILES string of the molecule is Nc1ccc(N[C@@H]2CCCN(C(=O)[C@@H]3CC34CCOCC4)CC2)cn1. The van der Waals surface area contributed by atoms with E-state index in [0.717, 1.165) is 70.5 Å². The summed E-state index contributed by atoms with van der Waals surface area (Å²) in [5.74, 6) is 1.17. The molecule has 3 aliphatic rings. The van der Waals surface area contributed by atoms with Gasteiger partial charge in [0.25, 0.3) is 0 Å². The van der Waals surface area contributed by atoms with Gasteiger partial charge < -0.3 is 20.7 Å². The standard InChI is InChI=1S/C19H28N4O2/c20-17-4-3-15(13-21-17)22-14-2-1-8-23(9-5-14)18(24)16-12-19(16)6-10-25-11-7-19/h3-4,13-14,16,22H,1-2,5-12H2,(H2,20,21)/t14-,16+/m1/s1. The van der Waals surface area contributed by atoms with E-state index in [2.05, 4.69) is 15.2 Å². The summed E-state index contributed by atoms with van der Waals surface area (Å²) in [4.78, 5) is 19.2. The number of carbonyl (C=O) groups excluding carboxylic acids is 1. The maximum Gasteiger partial charge on any atom is 0.226 e. The number of rotatable bonds is 3. The largest absolute Gasteiger partial charge is 0.384 e. The lowest BCUT2D eigenvalue weighted by Crippen LogP contribution is -2.36. The molecule has 3 N–H and O–H groups in total. The number of carbonyl (C=O) groups is 1. The first-order valence-electron chi connectivity index (χ1n) is 9.51. The lowest BCUT2D eigenvalue weighted by Gasteiger charge is -2.26. The Kier molecular flexibility index (Phi) is 4.54. The Morgan fingerprint density at radius 3 is 2.88 bits per heavy atom. The number of amides is 1. The van der Waals surface area contributed by atoms with Crippen molar-refractivity contribution >= 4 is 17.4 Å². The summed E-state index contributed by atoms with van der Waals surface area (Å²) >= 11 is 0. The summed E-state index contributed by atoms with van der Waals surface area (Å²) in [5, 5.41) is 3.54. The lowest BCUT2D eigenvalue weighted by molar-refractivity contribution is -0.134. The van der Waals surface area contributed by atoms with Crippen LogP contribution in [0.1, 0.15) is 38.5 Å². The third-order valence-corrected chi connectivity index (χ3v) is 6.17. The van der Waals surface area contributed by atoms with Crippen LogP contribution in [0.2, 0.25) is 0 Å². The Morgan fingerprint density at radius 2 is 2.12 bits per heavy atom. The van der Waals surface area contributed by atoms with E-state index in [4.69, 9.17) is 10.5 Å². The van der Waals surface area contributed by atoms with Gasteiger partial charge in [-0.3, -0.25) is 4.79 Å². The van der Waals surface area contributed by atoms with Crippen LogP contribution in [0.15, 0.2) is 18.3 Å². The van der Waals surface area contributed by atoms with Crippen molar-refractivity contribution in [2.24, 2.45) is 11.3 Å². The second-order valence-corrected chi connectivity index (χ2v) is 7.80. The van der Waals surface area contributed by atoms with Crippen molar-refractivity contribution in [3.05, 3.63) is 18.3 Å². The molecule has 25 heavy (non-hydrogen) atoms. The normalized spacial score (nSPS) is 28.4.